The van der Waals surface area contributed by atoms with Crippen molar-refractivity contribution in [1.82, 2.24) is 9.88 Å². The molecule has 0 fully saturated rings. The Labute approximate surface area is 115 Å². The molecule has 0 saturated heterocycles. The minimum Gasteiger partial charge on any atom is -0.352 e. The Morgan fingerprint density at radius 3 is 3.00 bits per heavy atom. The molecular weight excluding hydrogens is 260 g/mol. The molecule has 0 aliphatic carbocycles. The number of fused-ring (bicyclic) bond motifs is 1. The number of hydrogen-bond acceptors (Lipinski definition) is 4. The van der Waals surface area contributed by atoms with E-state index in [0.717, 1.165) is 21.4 Å². The maximum atomic E-state index is 11.9. The summed E-state index contributed by atoms with van der Waals surface area (Å²) in [6.07, 6.45) is 0.792. The average Bonchev–Trinajstić information content (AvgIpc) is 2.75. The molecule has 0 bridgehead atoms. The lowest BCUT2D eigenvalue weighted by Gasteiger charge is -2.04. The molecule has 0 aliphatic rings. The van der Waals surface area contributed by atoms with E-state index >= 15 is 0 Å². The zero-order valence-electron chi connectivity index (χ0n) is 11.1. The summed E-state index contributed by atoms with van der Waals surface area (Å²) in [6, 6.07) is 5.71. The highest BCUT2D eigenvalue weighted by Gasteiger charge is 2.08. The van der Waals surface area contributed by atoms with Crippen LogP contribution in [-0.2, 0) is 7.05 Å². The number of rotatable bonds is 4. The third kappa shape index (κ3) is 2.85. The van der Waals surface area contributed by atoms with Gasteiger partial charge in [-0.05, 0) is 31.2 Å². The number of benzene rings is 1. The SMILES string of the molecule is CN=c1sc2cc(C(=O)NCCCN)ccc2n1C. The van der Waals surface area contributed by atoms with Gasteiger partial charge in [-0.25, -0.2) is 0 Å². The molecule has 3 N–H and O–H groups in total. The van der Waals surface area contributed by atoms with Gasteiger partial charge in [0.15, 0.2) is 4.80 Å². The van der Waals surface area contributed by atoms with Crippen molar-refractivity contribution in [2.45, 2.75) is 6.42 Å². The van der Waals surface area contributed by atoms with E-state index in [1.165, 1.54) is 0 Å². The summed E-state index contributed by atoms with van der Waals surface area (Å²) in [6.45, 7) is 1.20. The lowest BCUT2D eigenvalue weighted by atomic mass is 10.2. The van der Waals surface area contributed by atoms with E-state index in [4.69, 9.17) is 5.73 Å². The number of carbonyl (C=O) groups is 1. The Kier molecular flexibility index (Phi) is 4.34. The molecule has 6 heteroatoms. The number of aromatic nitrogens is 1. The maximum Gasteiger partial charge on any atom is 0.251 e. The van der Waals surface area contributed by atoms with Gasteiger partial charge >= 0.3 is 0 Å². The first-order valence-electron chi connectivity index (χ1n) is 6.18. The number of hydrogen-bond donors (Lipinski definition) is 2. The zero-order valence-corrected chi connectivity index (χ0v) is 12.0. The maximum absolute atomic E-state index is 11.9. The summed E-state index contributed by atoms with van der Waals surface area (Å²) in [5.41, 5.74) is 7.16. The molecule has 5 nitrogen and oxygen atoms in total. The third-order valence-electron chi connectivity index (χ3n) is 2.93. The van der Waals surface area contributed by atoms with E-state index in [0.29, 0.717) is 18.7 Å². The number of amides is 1. The van der Waals surface area contributed by atoms with Gasteiger partial charge in [-0.15, -0.1) is 0 Å². The monoisotopic (exact) mass is 278 g/mol. The van der Waals surface area contributed by atoms with E-state index < -0.39 is 0 Å². The van der Waals surface area contributed by atoms with Gasteiger partial charge < -0.3 is 15.6 Å². The van der Waals surface area contributed by atoms with Gasteiger partial charge in [0.25, 0.3) is 5.91 Å². The smallest absolute Gasteiger partial charge is 0.251 e. The van der Waals surface area contributed by atoms with E-state index in [1.54, 1.807) is 18.4 Å². The summed E-state index contributed by atoms with van der Waals surface area (Å²) in [7, 11) is 3.74. The van der Waals surface area contributed by atoms with Crippen LogP contribution in [0.5, 0.6) is 0 Å². The summed E-state index contributed by atoms with van der Waals surface area (Å²) >= 11 is 1.58. The van der Waals surface area contributed by atoms with Crippen LogP contribution in [-0.4, -0.2) is 30.6 Å². The minimum absolute atomic E-state index is 0.0543. The standard InChI is InChI=1S/C13H18N4OS/c1-15-13-17(2)10-5-4-9(8-11(10)19-13)12(18)16-7-3-6-14/h4-5,8H,3,6-7,14H2,1-2H3,(H,16,18). The normalized spacial score (nSPS) is 12.1. The number of aryl methyl sites for hydroxylation is 1. The Bertz CT molecular complexity index is 656. The van der Waals surface area contributed by atoms with Gasteiger partial charge in [-0.2, -0.15) is 0 Å². The van der Waals surface area contributed by atoms with Crippen molar-refractivity contribution < 1.29 is 4.79 Å². The fraction of sp³-hybridized carbons (Fsp3) is 0.385. The Morgan fingerprint density at radius 1 is 1.53 bits per heavy atom. The first kappa shape index (κ1) is 13.8. The highest BCUT2D eigenvalue weighted by molar-refractivity contribution is 7.16. The molecule has 0 saturated carbocycles. The van der Waals surface area contributed by atoms with Gasteiger partial charge in [-0.3, -0.25) is 9.79 Å². The summed E-state index contributed by atoms with van der Waals surface area (Å²) < 4.78 is 3.09. The van der Waals surface area contributed by atoms with Crippen molar-refractivity contribution in [3.05, 3.63) is 28.6 Å². The predicted molar refractivity (Wildman–Crippen MR) is 78.3 cm³/mol. The van der Waals surface area contributed by atoms with Crippen molar-refractivity contribution in [1.29, 1.82) is 0 Å². The fourth-order valence-corrected chi connectivity index (χ4v) is 2.90. The second-order valence-electron chi connectivity index (χ2n) is 4.25. The first-order valence-corrected chi connectivity index (χ1v) is 6.99. The fourth-order valence-electron chi connectivity index (χ4n) is 1.89. The quantitative estimate of drug-likeness (QED) is 0.814. The van der Waals surface area contributed by atoms with Crippen molar-refractivity contribution >= 4 is 27.5 Å². The highest BCUT2D eigenvalue weighted by Crippen LogP contribution is 2.18. The number of nitrogens with one attached hydrogen (secondary N) is 1. The minimum atomic E-state index is -0.0543. The summed E-state index contributed by atoms with van der Waals surface area (Å²) in [4.78, 5) is 17.1. The zero-order chi connectivity index (χ0) is 13.8. The van der Waals surface area contributed by atoms with Crippen LogP contribution < -0.4 is 15.9 Å². The molecular formula is C13H18N4OS. The van der Waals surface area contributed by atoms with Crippen molar-refractivity contribution in [3.63, 3.8) is 0 Å². The van der Waals surface area contributed by atoms with Crippen molar-refractivity contribution in [2.24, 2.45) is 17.8 Å². The number of carbonyl (C=O) groups excluding carboxylic acids is 1. The molecule has 1 heterocycles. The van der Waals surface area contributed by atoms with Gasteiger partial charge in [0.2, 0.25) is 0 Å². The number of nitrogens with two attached hydrogens (primary N) is 1. The van der Waals surface area contributed by atoms with Crippen LogP contribution in [0.4, 0.5) is 0 Å². The molecule has 2 rings (SSSR count). The molecule has 0 atom stereocenters. The van der Waals surface area contributed by atoms with Crippen molar-refractivity contribution in [3.8, 4) is 0 Å². The largest absolute Gasteiger partial charge is 0.352 e. The second kappa shape index (κ2) is 5.99. The van der Waals surface area contributed by atoms with Gasteiger partial charge in [0, 0.05) is 26.2 Å². The molecule has 1 aromatic carbocycles. The topological polar surface area (TPSA) is 72.4 Å². The van der Waals surface area contributed by atoms with E-state index in [1.807, 2.05) is 29.8 Å². The van der Waals surface area contributed by atoms with Crippen LogP contribution in [0.2, 0.25) is 0 Å². The van der Waals surface area contributed by atoms with Crippen LogP contribution in [0.3, 0.4) is 0 Å². The number of thiazole rings is 1. The molecule has 2 aromatic rings. The molecule has 1 amide bonds. The summed E-state index contributed by atoms with van der Waals surface area (Å²) in [5.74, 6) is -0.0543. The van der Waals surface area contributed by atoms with Gasteiger partial charge in [0.05, 0.1) is 10.2 Å². The van der Waals surface area contributed by atoms with Gasteiger partial charge in [0.1, 0.15) is 0 Å². The lowest BCUT2D eigenvalue weighted by molar-refractivity contribution is 0.0953. The molecule has 19 heavy (non-hydrogen) atoms. The molecule has 0 radical (unpaired) electrons. The Balaban J connectivity index is 2.29. The molecule has 1 aromatic heterocycles. The van der Waals surface area contributed by atoms with Crippen LogP contribution in [0.15, 0.2) is 23.2 Å². The highest BCUT2D eigenvalue weighted by atomic mass is 32.1. The van der Waals surface area contributed by atoms with Crippen LogP contribution in [0.25, 0.3) is 10.2 Å². The molecule has 0 unspecified atom stereocenters. The molecule has 0 aliphatic heterocycles. The van der Waals surface area contributed by atoms with Crippen LogP contribution in [0, 0.1) is 0 Å². The van der Waals surface area contributed by atoms with E-state index in [9.17, 15) is 4.79 Å². The predicted octanol–water partition coefficient (Wildman–Crippen LogP) is 0.849. The van der Waals surface area contributed by atoms with Crippen LogP contribution in [0.1, 0.15) is 16.8 Å². The van der Waals surface area contributed by atoms with E-state index in [-0.39, 0.29) is 5.91 Å². The van der Waals surface area contributed by atoms with Gasteiger partial charge in [-0.1, -0.05) is 11.3 Å². The Morgan fingerprint density at radius 2 is 2.32 bits per heavy atom. The third-order valence-corrected chi connectivity index (χ3v) is 4.12. The molecule has 0 spiro atoms. The first-order chi connectivity index (χ1) is 9.17. The van der Waals surface area contributed by atoms with Crippen molar-refractivity contribution in [2.75, 3.05) is 20.1 Å². The van der Waals surface area contributed by atoms with Crippen LogP contribution >= 0.6 is 11.3 Å². The Hall–Kier alpha value is -1.66. The summed E-state index contributed by atoms with van der Waals surface area (Å²) in [5, 5.41) is 2.86. The van der Waals surface area contributed by atoms with E-state index in [2.05, 4.69) is 10.3 Å². The lowest BCUT2D eigenvalue weighted by Crippen LogP contribution is -2.25. The number of nitrogens with zero attached hydrogens (tertiary/aromatic N) is 2. The average molecular weight is 278 g/mol. The molecule has 102 valence electrons. The second-order valence-corrected chi connectivity index (χ2v) is 5.26.